The molecule has 4 rings (SSSR count). The summed E-state index contributed by atoms with van der Waals surface area (Å²) in [5, 5.41) is 27.4. The Morgan fingerprint density at radius 3 is 2.43 bits per heavy atom. The van der Waals surface area contributed by atoms with Gasteiger partial charge in [0.2, 0.25) is 0 Å². The molecule has 188 valence electrons. The number of rotatable bonds is 9. The molecule has 4 aromatic rings. The lowest BCUT2D eigenvalue weighted by Gasteiger charge is -2.13. The van der Waals surface area contributed by atoms with E-state index < -0.39 is 5.97 Å². The number of benzene rings is 3. The minimum absolute atomic E-state index is 0.135. The molecule has 0 saturated heterocycles. The Labute approximate surface area is 223 Å². The van der Waals surface area contributed by atoms with Crippen LogP contribution in [0.5, 0.6) is 11.5 Å². The molecule has 0 fully saturated rings. The molecule has 0 aliphatic carbocycles. The van der Waals surface area contributed by atoms with Gasteiger partial charge in [0.15, 0.2) is 11.5 Å². The Bertz CT molecular complexity index is 1560. The van der Waals surface area contributed by atoms with Gasteiger partial charge in [-0.25, -0.2) is 4.98 Å². The van der Waals surface area contributed by atoms with Crippen LogP contribution in [0.3, 0.4) is 0 Å². The summed E-state index contributed by atoms with van der Waals surface area (Å²) in [7, 11) is 3.08. The first-order valence-electron chi connectivity index (χ1n) is 11.2. The minimum Gasteiger partial charge on any atom is -0.493 e. The monoisotopic (exact) mass is 533 g/mol. The summed E-state index contributed by atoms with van der Waals surface area (Å²) in [6.07, 6.45) is 2.61. The van der Waals surface area contributed by atoms with Gasteiger partial charge in [-0.3, -0.25) is 4.79 Å². The first kappa shape index (κ1) is 26.1. The van der Waals surface area contributed by atoms with E-state index in [4.69, 9.17) is 36.9 Å². The van der Waals surface area contributed by atoms with Gasteiger partial charge in [0.05, 0.1) is 36.6 Å². The number of aliphatic carboxylic acids is 1. The highest BCUT2D eigenvalue weighted by atomic mass is 35.5. The van der Waals surface area contributed by atoms with Crippen LogP contribution in [-0.4, -0.2) is 42.2 Å². The Morgan fingerprint density at radius 1 is 1.11 bits per heavy atom. The quantitative estimate of drug-likeness (QED) is 0.208. The Hall–Kier alpha value is -4.01. The average molecular weight is 534 g/mol. The molecule has 9 heteroatoms. The molecule has 0 saturated carbocycles. The van der Waals surface area contributed by atoms with E-state index in [2.05, 4.69) is 0 Å². The summed E-state index contributed by atoms with van der Waals surface area (Å²) < 4.78 is 11.4. The van der Waals surface area contributed by atoms with E-state index in [1.54, 1.807) is 43.5 Å². The number of carboxylic acids is 1. The second-order valence-corrected chi connectivity index (χ2v) is 9.65. The number of allylic oxidation sites excluding steroid dienone is 2. The fourth-order valence-electron chi connectivity index (χ4n) is 4.07. The molecule has 0 aliphatic rings. The topological polar surface area (TPSA) is 116 Å². The summed E-state index contributed by atoms with van der Waals surface area (Å²) in [5.74, 6) is 0.137. The van der Waals surface area contributed by atoms with Crippen molar-refractivity contribution >= 4 is 56.6 Å². The van der Waals surface area contributed by atoms with Crippen LogP contribution in [0.15, 0.2) is 54.6 Å². The molecule has 3 aromatic carbocycles. The maximum atomic E-state index is 11.7. The van der Waals surface area contributed by atoms with Gasteiger partial charge in [-0.15, -0.1) is 11.3 Å². The van der Waals surface area contributed by atoms with Crippen molar-refractivity contribution in [2.75, 3.05) is 14.2 Å². The molecule has 0 radical (unpaired) electrons. The number of hydrogen-bond donors (Lipinski definition) is 3. The van der Waals surface area contributed by atoms with Crippen molar-refractivity contribution in [3.05, 3.63) is 81.3 Å². The van der Waals surface area contributed by atoms with Crippen LogP contribution in [0.1, 0.15) is 21.7 Å². The van der Waals surface area contributed by atoms with Crippen molar-refractivity contribution in [2.45, 2.75) is 13.3 Å². The molecule has 1 aromatic heterocycles. The number of halogens is 1. The van der Waals surface area contributed by atoms with Crippen molar-refractivity contribution in [3.8, 4) is 22.6 Å². The maximum absolute atomic E-state index is 11.7. The van der Waals surface area contributed by atoms with E-state index in [-0.39, 0.29) is 12.1 Å². The predicted molar refractivity (Wildman–Crippen MR) is 149 cm³/mol. The first-order chi connectivity index (χ1) is 17.7. The largest absolute Gasteiger partial charge is 0.493 e. The zero-order chi connectivity index (χ0) is 26.7. The highest BCUT2D eigenvalue weighted by Crippen LogP contribution is 2.40. The fraction of sp³-hybridized carbons (Fsp3) is 0.143. The van der Waals surface area contributed by atoms with Gasteiger partial charge in [-0.2, -0.15) is 0 Å². The second-order valence-electron chi connectivity index (χ2n) is 8.22. The third-order valence-electron chi connectivity index (χ3n) is 5.87. The molecule has 1 heterocycles. The average Bonchev–Trinajstić information content (AvgIpc) is 3.30. The van der Waals surface area contributed by atoms with Crippen LogP contribution in [-0.2, 0) is 11.2 Å². The van der Waals surface area contributed by atoms with Crippen LogP contribution >= 0.6 is 22.9 Å². The fourth-order valence-corrected chi connectivity index (χ4v) is 5.32. The number of fused-ring (bicyclic) bond motifs is 1. The van der Waals surface area contributed by atoms with Crippen molar-refractivity contribution in [2.24, 2.45) is 0 Å². The minimum atomic E-state index is -0.925. The van der Waals surface area contributed by atoms with E-state index in [1.807, 2.05) is 25.1 Å². The number of carbonyl (C=O) groups is 1. The first-order valence-corrected chi connectivity index (χ1v) is 12.4. The van der Waals surface area contributed by atoms with Crippen LogP contribution in [0.2, 0.25) is 5.02 Å². The molecule has 37 heavy (non-hydrogen) atoms. The molecular weight excluding hydrogens is 510 g/mol. The van der Waals surface area contributed by atoms with Gasteiger partial charge in [0, 0.05) is 27.9 Å². The number of aromatic nitrogens is 1. The van der Waals surface area contributed by atoms with E-state index >= 15 is 0 Å². The molecular formula is C28H24ClN3O4S. The van der Waals surface area contributed by atoms with Crippen LogP contribution in [0.4, 0.5) is 0 Å². The van der Waals surface area contributed by atoms with Crippen molar-refractivity contribution < 1.29 is 19.4 Å². The lowest BCUT2D eigenvalue weighted by Crippen LogP contribution is -2.04. The smallest absolute Gasteiger partial charge is 0.307 e. The molecule has 0 unspecified atom stereocenters. The number of aryl methyl sites for hydroxylation is 1. The molecule has 0 atom stereocenters. The van der Waals surface area contributed by atoms with Gasteiger partial charge in [-0.1, -0.05) is 23.7 Å². The van der Waals surface area contributed by atoms with Crippen molar-refractivity contribution in [1.82, 2.24) is 4.98 Å². The molecule has 0 amide bonds. The van der Waals surface area contributed by atoms with Crippen LogP contribution in [0, 0.1) is 17.7 Å². The highest BCUT2D eigenvalue weighted by Gasteiger charge is 2.20. The van der Waals surface area contributed by atoms with Gasteiger partial charge in [-0.05, 0) is 66.1 Å². The molecule has 0 spiro atoms. The van der Waals surface area contributed by atoms with E-state index in [0.29, 0.717) is 43.7 Å². The standard InChI is InChI=1S/C28H24ClN3O4S/c1-15-10-22-27(26(20(15)13-25(33)34)16-4-7-19(29)8-5-16)37-28(32-22)18(14-30)11-21(31)17-6-9-23(35-2)24(12-17)36-3/h4-12,14,30-31H,13H2,1-3H3,(H,33,34)/b18-11+,30-14?,31-21?. The van der Waals surface area contributed by atoms with E-state index in [9.17, 15) is 9.90 Å². The number of ether oxygens (including phenoxy) is 2. The van der Waals surface area contributed by atoms with Crippen molar-refractivity contribution in [1.29, 1.82) is 10.8 Å². The summed E-state index contributed by atoms with van der Waals surface area (Å²) in [6.45, 7) is 1.87. The number of thiazole rings is 1. The summed E-state index contributed by atoms with van der Waals surface area (Å²) in [5.41, 5.74) is 5.08. The number of methoxy groups -OCH3 is 2. The molecule has 7 nitrogen and oxygen atoms in total. The lowest BCUT2D eigenvalue weighted by atomic mass is 9.93. The summed E-state index contributed by atoms with van der Waals surface area (Å²) in [6, 6.07) is 14.3. The van der Waals surface area contributed by atoms with E-state index in [1.165, 1.54) is 24.7 Å². The number of nitrogens with one attached hydrogen (secondary N) is 2. The van der Waals surface area contributed by atoms with Gasteiger partial charge >= 0.3 is 5.97 Å². The summed E-state index contributed by atoms with van der Waals surface area (Å²) >= 11 is 7.46. The van der Waals surface area contributed by atoms with Gasteiger partial charge in [0.25, 0.3) is 0 Å². The van der Waals surface area contributed by atoms with Crippen molar-refractivity contribution in [3.63, 3.8) is 0 Å². The number of nitrogens with zero attached hydrogens (tertiary/aromatic N) is 1. The SMILES string of the molecule is COc1ccc(C(=N)/C=C(\C=N)c2nc3cc(C)c(CC(=O)O)c(-c4ccc(Cl)cc4)c3s2)cc1OC. The zero-order valence-corrected chi connectivity index (χ0v) is 22.0. The summed E-state index contributed by atoms with van der Waals surface area (Å²) in [4.78, 5) is 16.4. The third-order valence-corrected chi connectivity index (χ3v) is 7.26. The predicted octanol–water partition coefficient (Wildman–Crippen LogP) is 6.67. The second kappa shape index (κ2) is 10.9. The highest BCUT2D eigenvalue weighted by molar-refractivity contribution is 7.20. The zero-order valence-electron chi connectivity index (χ0n) is 20.4. The molecule has 0 bridgehead atoms. The number of carboxylic acid groups (broad SMARTS) is 1. The number of hydrogen-bond acceptors (Lipinski definition) is 7. The molecule has 3 N–H and O–H groups in total. The van der Waals surface area contributed by atoms with Gasteiger partial charge < -0.3 is 25.4 Å². The lowest BCUT2D eigenvalue weighted by molar-refractivity contribution is -0.136. The maximum Gasteiger partial charge on any atom is 0.307 e. The molecule has 0 aliphatic heterocycles. The Balaban J connectivity index is 1.85. The Morgan fingerprint density at radius 2 is 1.81 bits per heavy atom. The van der Waals surface area contributed by atoms with Gasteiger partial charge in [0.1, 0.15) is 5.01 Å². The van der Waals surface area contributed by atoms with Crippen LogP contribution < -0.4 is 9.47 Å². The third kappa shape index (κ3) is 5.40. The Kier molecular flexibility index (Phi) is 7.71. The van der Waals surface area contributed by atoms with E-state index in [0.717, 1.165) is 21.4 Å². The van der Waals surface area contributed by atoms with Crippen LogP contribution in [0.25, 0.3) is 26.9 Å². The normalized spacial score (nSPS) is 11.4.